The summed E-state index contributed by atoms with van der Waals surface area (Å²) in [6.07, 6.45) is 0. The first-order chi connectivity index (χ1) is 9.06. The van der Waals surface area contributed by atoms with Crippen molar-refractivity contribution < 1.29 is 4.39 Å². The molecule has 0 bridgehead atoms. The van der Waals surface area contributed by atoms with Crippen LogP contribution in [-0.4, -0.2) is 9.55 Å². The first kappa shape index (κ1) is 12.2. The average Bonchev–Trinajstić information content (AvgIpc) is 2.69. The molecule has 0 aliphatic rings. The number of aryl methyl sites for hydroxylation is 1. The van der Waals surface area contributed by atoms with Crippen molar-refractivity contribution in [1.29, 1.82) is 0 Å². The monoisotopic (exact) mass is 319 g/mol. The number of nitrogen functional groups attached to an aromatic ring is 1. The van der Waals surface area contributed by atoms with Crippen LogP contribution in [0.15, 0.2) is 40.9 Å². The van der Waals surface area contributed by atoms with Crippen LogP contribution in [0.2, 0.25) is 0 Å². The van der Waals surface area contributed by atoms with Crippen LogP contribution < -0.4 is 5.73 Å². The van der Waals surface area contributed by atoms with Crippen molar-refractivity contribution >= 4 is 32.7 Å². The molecule has 0 radical (unpaired) electrons. The second-order valence-electron chi connectivity index (χ2n) is 4.36. The molecule has 1 aromatic heterocycles. The standard InChI is InChI=1S/C14H11BrFN3/c1-19-13-5-3-9(16)7-12(13)18-14(19)10-6-8(15)2-4-11(10)17/h2-7H,17H2,1H3. The molecule has 0 amide bonds. The summed E-state index contributed by atoms with van der Waals surface area (Å²) in [5, 5.41) is 0. The van der Waals surface area contributed by atoms with Gasteiger partial charge in [0.05, 0.1) is 11.0 Å². The van der Waals surface area contributed by atoms with E-state index in [4.69, 9.17) is 5.73 Å². The van der Waals surface area contributed by atoms with Crippen molar-refractivity contribution in [1.82, 2.24) is 9.55 Å². The van der Waals surface area contributed by atoms with Crippen LogP contribution in [0, 0.1) is 5.82 Å². The molecule has 2 aromatic carbocycles. The Morgan fingerprint density at radius 2 is 2.00 bits per heavy atom. The number of hydrogen-bond donors (Lipinski definition) is 1. The molecular weight excluding hydrogens is 309 g/mol. The minimum absolute atomic E-state index is 0.292. The van der Waals surface area contributed by atoms with E-state index in [0.717, 1.165) is 21.4 Å². The van der Waals surface area contributed by atoms with E-state index in [2.05, 4.69) is 20.9 Å². The molecule has 0 unspecified atom stereocenters. The molecule has 0 saturated carbocycles. The molecule has 1 heterocycles. The van der Waals surface area contributed by atoms with Gasteiger partial charge in [0.25, 0.3) is 0 Å². The van der Waals surface area contributed by atoms with E-state index >= 15 is 0 Å². The highest BCUT2D eigenvalue weighted by Crippen LogP contribution is 2.30. The van der Waals surface area contributed by atoms with Gasteiger partial charge in [-0.1, -0.05) is 15.9 Å². The maximum atomic E-state index is 13.2. The zero-order valence-corrected chi connectivity index (χ0v) is 11.8. The van der Waals surface area contributed by atoms with E-state index in [-0.39, 0.29) is 5.82 Å². The highest BCUT2D eigenvalue weighted by atomic mass is 79.9. The summed E-state index contributed by atoms with van der Waals surface area (Å²) in [6.45, 7) is 0. The van der Waals surface area contributed by atoms with Crippen LogP contribution in [0.25, 0.3) is 22.4 Å². The number of imidazole rings is 1. The first-order valence-electron chi connectivity index (χ1n) is 5.73. The summed E-state index contributed by atoms with van der Waals surface area (Å²) in [5.74, 6) is 0.429. The predicted molar refractivity (Wildman–Crippen MR) is 78.2 cm³/mol. The van der Waals surface area contributed by atoms with Crippen molar-refractivity contribution in [2.75, 3.05) is 5.73 Å². The van der Waals surface area contributed by atoms with Crippen LogP contribution in [0.3, 0.4) is 0 Å². The molecular formula is C14H11BrFN3. The fourth-order valence-electron chi connectivity index (χ4n) is 2.14. The van der Waals surface area contributed by atoms with Crippen LogP contribution in [-0.2, 0) is 7.05 Å². The minimum atomic E-state index is -0.292. The maximum absolute atomic E-state index is 13.2. The molecule has 5 heteroatoms. The van der Waals surface area contributed by atoms with Crippen LogP contribution in [0.5, 0.6) is 0 Å². The molecule has 0 atom stereocenters. The van der Waals surface area contributed by atoms with Crippen molar-refractivity contribution in [3.63, 3.8) is 0 Å². The van der Waals surface area contributed by atoms with Crippen molar-refractivity contribution in [2.45, 2.75) is 0 Å². The number of nitrogens with two attached hydrogens (primary N) is 1. The Balaban J connectivity index is 2.30. The van der Waals surface area contributed by atoms with Gasteiger partial charge >= 0.3 is 0 Å². The highest BCUT2D eigenvalue weighted by molar-refractivity contribution is 9.10. The largest absolute Gasteiger partial charge is 0.398 e. The number of rotatable bonds is 1. The Kier molecular flexibility index (Phi) is 2.78. The van der Waals surface area contributed by atoms with Gasteiger partial charge in [0.15, 0.2) is 0 Å². The van der Waals surface area contributed by atoms with Crippen molar-refractivity contribution in [2.24, 2.45) is 7.05 Å². The number of anilines is 1. The molecule has 0 aliphatic heterocycles. The molecule has 0 fully saturated rings. The quantitative estimate of drug-likeness (QED) is 0.695. The molecule has 96 valence electrons. The summed E-state index contributed by atoms with van der Waals surface area (Å²) in [6, 6.07) is 10.2. The summed E-state index contributed by atoms with van der Waals surface area (Å²) in [7, 11) is 1.89. The smallest absolute Gasteiger partial charge is 0.142 e. The van der Waals surface area contributed by atoms with E-state index in [1.807, 2.05) is 29.8 Å². The van der Waals surface area contributed by atoms with Crippen LogP contribution >= 0.6 is 15.9 Å². The molecule has 2 N–H and O–H groups in total. The lowest BCUT2D eigenvalue weighted by molar-refractivity contribution is 0.629. The van der Waals surface area contributed by atoms with Gasteiger partial charge in [-0.25, -0.2) is 9.37 Å². The highest BCUT2D eigenvalue weighted by Gasteiger charge is 2.13. The third-order valence-corrected chi connectivity index (χ3v) is 3.59. The number of aromatic nitrogens is 2. The van der Waals surface area contributed by atoms with Gasteiger partial charge in [-0.05, 0) is 30.3 Å². The average molecular weight is 320 g/mol. The molecule has 0 spiro atoms. The number of fused-ring (bicyclic) bond motifs is 1. The van der Waals surface area contributed by atoms with Crippen molar-refractivity contribution in [3.05, 3.63) is 46.7 Å². The fraction of sp³-hybridized carbons (Fsp3) is 0.0714. The molecule has 3 aromatic rings. The van der Waals surface area contributed by atoms with Gasteiger partial charge in [-0.15, -0.1) is 0 Å². The van der Waals surface area contributed by atoms with Crippen molar-refractivity contribution in [3.8, 4) is 11.4 Å². The third-order valence-electron chi connectivity index (χ3n) is 3.10. The second-order valence-corrected chi connectivity index (χ2v) is 5.27. The first-order valence-corrected chi connectivity index (χ1v) is 6.53. The number of nitrogens with zero attached hydrogens (tertiary/aromatic N) is 2. The Bertz CT molecular complexity index is 780. The molecule has 3 rings (SSSR count). The van der Waals surface area contributed by atoms with Crippen LogP contribution in [0.4, 0.5) is 10.1 Å². The minimum Gasteiger partial charge on any atom is -0.398 e. The summed E-state index contributed by atoms with van der Waals surface area (Å²) in [4.78, 5) is 4.47. The van der Waals surface area contributed by atoms with E-state index < -0.39 is 0 Å². The lowest BCUT2D eigenvalue weighted by Gasteiger charge is -2.06. The van der Waals surface area contributed by atoms with Gasteiger partial charge < -0.3 is 10.3 Å². The number of hydrogen-bond acceptors (Lipinski definition) is 2. The van der Waals surface area contributed by atoms with Gasteiger partial charge in [-0.2, -0.15) is 0 Å². The topological polar surface area (TPSA) is 43.8 Å². The Morgan fingerprint density at radius 1 is 1.21 bits per heavy atom. The fourth-order valence-corrected chi connectivity index (χ4v) is 2.50. The lowest BCUT2D eigenvalue weighted by Crippen LogP contribution is -1.96. The van der Waals surface area contributed by atoms with Crippen LogP contribution in [0.1, 0.15) is 0 Å². The number of halogens is 2. The normalized spacial score (nSPS) is 11.1. The maximum Gasteiger partial charge on any atom is 0.142 e. The molecule has 0 aliphatic carbocycles. The van der Waals surface area contributed by atoms with Gasteiger partial charge in [0, 0.05) is 28.8 Å². The Labute approximate surface area is 118 Å². The number of benzene rings is 2. The summed E-state index contributed by atoms with van der Waals surface area (Å²) >= 11 is 3.42. The summed E-state index contributed by atoms with van der Waals surface area (Å²) < 4.78 is 16.1. The van der Waals surface area contributed by atoms with E-state index in [1.165, 1.54) is 12.1 Å². The molecule has 19 heavy (non-hydrogen) atoms. The Hall–Kier alpha value is -1.88. The predicted octanol–water partition coefficient (Wildman–Crippen LogP) is 3.72. The molecule has 0 saturated heterocycles. The van der Waals surface area contributed by atoms with E-state index in [9.17, 15) is 4.39 Å². The molecule has 3 nitrogen and oxygen atoms in total. The zero-order chi connectivity index (χ0) is 13.6. The van der Waals surface area contributed by atoms with E-state index in [0.29, 0.717) is 11.2 Å². The van der Waals surface area contributed by atoms with Gasteiger partial charge in [-0.3, -0.25) is 0 Å². The SMILES string of the molecule is Cn1c(-c2cc(Br)ccc2N)nc2cc(F)ccc21. The van der Waals surface area contributed by atoms with Gasteiger partial charge in [0.2, 0.25) is 0 Å². The second kappa shape index (κ2) is 4.35. The van der Waals surface area contributed by atoms with E-state index in [1.54, 1.807) is 6.07 Å². The van der Waals surface area contributed by atoms with Gasteiger partial charge in [0.1, 0.15) is 11.6 Å². The summed E-state index contributed by atoms with van der Waals surface area (Å²) in [5.41, 5.74) is 8.96. The lowest BCUT2D eigenvalue weighted by atomic mass is 10.2. The third kappa shape index (κ3) is 2.00. The Morgan fingerprint density at radius 3 is 2.79 bits per heavy atom. The zero-order valence-electron chi connectivity index (χ0n) is 10.2.